The maximum Gasteiger partial charge on any atom is 0.239 e. The Bertz CT molecular complexity index is 1010. The lowest BCUT2D eigenvalue weighted by Crippen LogP contribution is -2.47. The third-order valence-electron chi connectivity index (χ3n) is 5.64. The van der Waals surface area contributed by atoms with Crippen molar-refractivity contribution < 1.29 is 9.53 Å². The number of hydrogen-bond acceptors (Lipinski definition) is 4. The number of benzene rings is 2. The van der Waals surface area contributed by atoms with Crippen molar-refractivity contribution in [2.75, 3.05) is 13.1 Å². The Morgan fingerprint density at radius 2 is 1.86 bits per heavy atom. The van der Waals surface area contributed by atoms with Crippen molar-refractivity contribution in [1.82, 2.24) is 9.88 Å². The van der Waals surface area contributed by atoms with Crippen molar-refractivity contribution in [2.24, 2.45) is 5.73 Å². The third kappa shape index (κ3) is 4.10. The van der Waals surface area contributed by atoms with Gasteiger partial charge in [0, 0.05) is 37.5 Å². The quantitative estimate of drug-likeness (QED) is 0.734. The van der Waals surface area contributed by atoms with Gasteiger partial charge in [-0.05, 0) is 48.7 Å². The van der Waals surface area contributed by atoms with Gasteiger partial charge in [0.2, 0.25) is 5.91 Å². The standard InChI is InChI=1S/C24H27N3O2/c1-16-22(10-7-19-4-3-13-26-23(16)19)18-5-8-20(9-6-18)29-21-11-14-27(15-12-21)24(28)17(2)25/h3-10,13,17,21H,11-12,14-15,25H2,1-2H3/t17-/m0/s1. The van der Waals surface area contributed by atoms with E-state index in [1.807, 2.05) is 29.3 Å². The molecule has 5 nitrogen and oxygen atoms in total. The summed E-state index contributed by atoms with van der Waals surface area (Å²) in [5, 5.41) is 1.16. The predicted molar refractivity (Wildman–Crippen MR) is 116 cm³/mol. The van der Waals surface area contributed by atoms with Crippen molar-refractivity contribution >= 4 is 16.8 Å². The zero-order valence-corrected chi connectivity index (χ0v) is 17.0. The molecule has 5 heteroatoms. The van der Waals surface area contributed by atoms with E-state index in [1.54, 1.807) is 6.92 Å². The van der Waals surface area contributed by atoms with E-state index in [-0.39, 0.29) is 12.0 Å². The smallest absolute Gasteiger partial charge is 0.239 e. The summed E-state index contributed by atoms with van der Waals surface area (Å²) in [7, 11) is 0. The minimum atomic E-state index is -0.436. The average molecular weight is 389 g/mol. The first-order chi connectivity index (χ1) is 14.0. The van der Waals surface area contributed by atoms with E-state index < -0.39 is 6.04 Å². The minimum absolute atomic E-state index is 0.0213. The zero-order valence-electron chi connectivity index (χ0n) is 17.0. The Morgan fingerprint density at radius 3 is 2.55 bits per heavy atom. The first-order valence-electron chi connectivity index (χ1n) is 10.2. The second-order valence-electron chi connectivity index (χ2n) is 7.77. The summed E-state index contributed by atoms with van der Waals surface area (Å²) >= 11 is 0. The normalized spacial score (nSPS) is 16.0. The summed E-state index contributed by atoms with van der Waals surface area (Å²) in [5.74, 6) is 0.885. The minimum Gasteiger partial charge on any atom is -0.490 e. The molecule has 0 aliphatic carbocycles. The number of likely N-dealkylation sites (tertiary alicyclic amines) is 1. The maximum absolute atomic E-state index is 12.0. The Balaban J connectivity index is 1.43. The highest BCUT2D eigenvalue weighted by atomic mass is 16.5. The molecular weight excluding hydrogens is 362 g/mol. The van der Waals surface area contributed by atoms with Crippen LogP contribution in [0.4, 0.5) is 0 Å². The van der Waals surface area contributed by atoms with Gasteiger partial charge in [-0.15, -0.1) is 0 Å². The van der Waals surface area contributed by atoms with Crippen LogP contribution in [-0.4, -0.2) is 41.0 Å². The van der Waals surface area contributed by atoms with Crippen LogP contribution in [0, 0.1) is 6.92 Å². The maximum atomic E-state index is 12.0. The molecule has 1 aromatic heterocycles. The van der Waals surface area contributed by atoms with E-state index in [2.05, 4.69) is 42.2 Å². The van der Waals surface area contributed by atoms with Gasteiger partial charge in [-0.2, -0.15) is 0 Å². The molecule has 150 valence electrons. The highest BCUT2D eigenvalue weighted by Gasteiger charge is 2.25. The molecule has 0 unspecified atom stereocenters. The number of hydrogen-bond donors (Lipinski definition) is 1. The van der Waals surface area contributed by atoms with E-state index in [9.17, 15) is 4.79 Å². The van der Waals surface area contributed by atoms with Crippen molar-refractivity contribution in [1.29, 1.82) is 0 Å². The van der Waals surface area contributed by atoms with Crippen LogP contribution in [0.25, 0.3) is 22.0 Å². The van der Waals surface area contributed by atoms with Gasteiger partial charge in [-0.25, -0.2) is 0 Å². The Hall–Kier alpha value is -2.92. The summed E-state index contributed by atoms with van der Waals surface area (Å²) < 4.78 is 6.15. The van der Waals surface area contributed by atoms with Crippen molar-refractivity contribution in [3.63, 3.8) is 0 Å². The van der Waals surface area contributed by atoms with Crippen LogP contribution < -0.4 is 10.5 Å². The first-order valence-corrected chi connectivity index (χ1v) is 10.2. The largest absolute Gasteiger partial charge is 0.490 e. The highest BCUT2D eigenvalue weighted by molar-refractivity contribution is 5.88. The fourth-order valence-corrected chi connectivity index (χ4v) is 3.99. The molecule has 0 bridgehead atoms. The third-order valence-corrected chi connectivity index (χ3v) is 5.64. The molecule has 29 heavy (non-hydrogen) atoms. The molecule has 0 spiro atoms. The number of aryl methyl sites for hydroxylation is 1. The van der Waals surface area contributed by atoms with E-state index in [0.29, 0.717) is 13.1 Å². The average Bonchev–Trinajstić information content (AvgIpc) is 2.75. The molecule has 1 fully saturated rings. The van der Waals surface area contributed by atoms with Crippen LogP contribution in [-0.2, 0) is 4.79 Å². The molecule has 2 N–H and O–H groups in total. The van der Waals surface area contributed by atoms with Gasteiger partial charge in [0.05, 0.1) is 11.6 Å². The Labute approximate surface area is 171 Å². The fourth-order valence-electron chi connectivity index (χ4n) is 3.99. The fraction of sp³-hybridized carbons (Fsp3) is 0.333. The molecule has 4 rings (SSSR count). The summed E-state index contributed by atoms with van der Waals surface area (Å²) in [4.78, 5) is 18.4. The lowest BCUT2D eigenvalue weighted by atomic mass is 9.98. The molecule has 2 aromatic carbocycles. The van der Waals surface area contributed by atoms with Gasteiger partial charge < -0.3 is 15.4 Å². The molecule has 0 saturated carbocycles. The van der Waals surface area contributed by atoms with Crippen LogP contribution in [0.15, 0.2) is 54.7 Å². The van der Waals surface area contributed by atoms with E-state index in [4.69, 9.17) is 10.5 Å². The number of ether oxygens (including phenoxy) is 1. The van der Waals surface area contributed by atoms with E-state index in [1.165, 1.54) is 11.1 Å². The van der Waals surface area contributed by atoms with Gasteiger partial charge in [0.25, 0.3) is 0 Å². The second-order valence-corrected chi connectivity index (χ2v) is 7.77. The Kier molecular flexibility index (Phi) is 5.49. The van der Waals surface area contributed by atoms with E-state index in [0.717, 1.165) is 35.1 Å². The molecule has 1 atom stereocenters. The number of nitrogens with zero attached hydrogens (tertiary/aromatic N) is 2. The van der Waals surface area contributed by atoms with Gasteiger partial charge >= 0.3 is 0 Å². The molecule has 1 saturated heterocycles. The summed E-state index contributed by atoms with van der Waals surface area (Å²) in [6, 6.07) is 16.1. The molecule has 0 radical (unpaired) electrons. The van der Waals surface area contributed by atoms with Crippen molar-refractivity contribution in [3.8, 4) is 16.9 Å². The van der Waals surface area contributed by atoms with Crippen LogP contribution >= 0.6 is 0 Å². The number of carbonyl (C=O) groups is 1. The SMILES string of the molecule is Cc1c(-c2ccc(OC3CCN(C(=O)[C@H](C)N)CC3)cc2)ccc2cccnc12. The van der Waals surface area contributed by atoms with Gasteiger partial charge in [-0.3, -0.25) is 9.78 Å². The first kappa shape index (κ1) is 19.4. The monoisotopic (exact) mass is 389 g/mol. The van der Waals surface area contributed by atoms with Crippen LogP contribution in [0.5, 0.6) is 5.75 Å². The lowest BCUT2D eigenvalue weighted by Gasteiger charge is -2.33. The number of fused-ring (bicyclic) bond motifs is 1. The van der Waals surface area contributed by atoms with Gasteiger partial charge in [0.1, 0.15) is 11.9 Å². The van der Waals surface area contributed by atoms with Crippen LogP contribution in [0.1, 0.15) is 25.3 Å². The number of carbonyl (C=O) groups excluding carboxylic acids is 1. The predicted octanol–water partition coefficient (Wildman–Crippen LogP) is 3.93. The summed E-state index contributed by atoms with van der Waals surface area (Å²) in [6.45, 7) is 5.25. The van der Waals surface area contributed by atoms with Crippen molar-refractivity contribution in [3.05, 3.63) is 60.3 Å². The van der Waals surface area contributed by atoms with Gasteiger partial charge in [-0.1, -0.05) is 30.3 Å². The van der Waals surface area contributed by atoms with Gasteiger partial charge in [0.15, 0.2) is 0 Å². The number of aromatic nitrogens is 1. The molecule has 1 aliphatic heterocycles. The number of piperidine rings is 1. The topological polar surface area (TPSA) is 68.5 Å². The highest BCUT2D eigenvalue weighted by Crippen LogP contribution is 2.30. The molecular formula is C24H27N3O2. The van der Waals surface area contributed by atoms with E-state index >= 15 is 0 Å². The van der Waals surface area contributed by atoms with Crippen LogP contribution in [0.3, 0.4) is 0 Å². The zero-order chi connectivity index (χ0) is 20.4. The molecule has 3 aromatic rings. The second kappa shape index (κ2) is 8.21. The molecule has 1 amide bonds. The number of pyridine rings is 1. The Morgan fingerprint density at radius 1 is 1.14 bits per heavy atom. The van der Waals surface area contributed by atoms with Crippen LogP contribution in [0.2, 0.25) is 0 Å². The molecule has 2 heterocycles. The number of amides is 1. The molecule has 1 aliphatic rings. The summed E-state index contributed by atoms with van der Waals surface area (Å²) in [6.07, 6.45) is 3.62. The summed E-state index contributed by atoms with van der Waals surface area (Å²) in [5.41, 5.74) is 10.3. The van der Waals surface area contributed by atoms with Crippen molar-refractivity contribution in [2.45, 2.75) is 38.8 Å². The number of rotatable bonds is 4. The number of nitrogens with two attached hydrogens (primary N) is 1. The lowest BCUT2D eigenvalue weighted by molar-refractivity contribution is -0.133.